The van der Waals surface area contributed by atoms with E-state index in [1.807, 2.05) is 54.3 Å². The number of carbonyl (C=O) groups excluding carboxylic acids is 1. The molecule has 0 fully saturated rings. The lowest BCUT2D eigenvalue weighted by molar-refractivity contribution is -0.118. The molecule has 0 saturated carbocycles. The first-order chi connectivity index (χ1) is 11.6. The first-order valence-corrected chi connectivity index (χ1v) is 8.30. The summed E-state index contributed by atoms with van der Waals surface area (Å²) in [5, 5.41) is 10.2. The number of hydrogen-bond donors (Lipinski definition) is 1. The number of methoxy groups -OCH3 is 1. The van der Waals surface area contributed by atoms with Crippen molar-refractivity contribution in [3.8, 4) is 5.75 Å². The molecule has 0 radical (unpaired) electrons. The highest BCUT2D eigenvalue weighted by molar-refractivity contribution is 5.94. The van der Waals surface area contributed by atoms with Gasteiger partial charge in [-0.1, -0.05) is 29.8 Å². The summed E-state index contributed by atoms with van der Waals surface area (Å²) >= 11 is 0. The van der Waals surface area contributed by atoms with Crippen LogP contribution in [0.5, 0.6) is 5.75 Å². The van der Waals surface area contributed by atoms with Crippen LogP contribution in [0, 0.1) is 6.92 Å². The van der Waals surface area contributed by atoms with Gasteiger partial charge in [-0.3, -0.25) is 4.79 Å². The molecular weight excluding hydrogens is 302 g/mol. The number of benzene rings is 2. The fourth-order valence-corrected chi connectivity index (χ4v) is 3.15. The number of nitrogens with zero attached hydrogens (tertiary/aromatic N) is 1. The Hall–Kier alpha value is -2.33. The van der Waals surface area contributed by atoms with Crippen LogP contribution in [0.4, 0.5) is 5.69 Å². The molecule has 4 nitrogen and oxygen atoms in total. The molecule has 2 aromatic rings. The quantitative estimate of drug-likeness (QED) is 0.937. The normalized spacial score (nSPS) is 16.6. The Bertz CT molecular complexity index is 724. The molecule has 3 rings (SSSR count). The molecule has 1 amide bonds. The minimum Gasteiger partial charge on any atom is -0.497 e. The van der Waals surface area contributed by atoms with Crippen molar-refractivity contribution in [3.63, 3.8) is 0 Å². The summed E-state index contributed by atoms with van der Waals surface area (Å²) in [5.74, 6) is 0.919. The maximum atomic E-state index is 12.7. The fourth-order valence-electron chi connectivity index (χ4n) is 3.15. The third-order valence-electron chi connectivity index (χ3n) is 4.55. The zero-order chi connectivity index (χ0) is 17.1. The van der Waals surface area contributed by atoms with Crippen LogP contribution in [0.3, 0.4) is 0 Å². The lowest BCUT2D eigenvalue weighted by Crippen LogP contribution is -2.36. The second-order valence-electron chi connectivity index (χ2n) is 6.26. The second-order valence-corrected chi connectivity index (χ2v) is 6.26. The molecule has 1 aliphatic rings. The van der Waals surface area contributed by atoms with Crippen LogP contribution >= 0.6 is 0 Å². The highest BCUT2D eigenvalue weighted by Gasteiger charge is 2.27. The van der Waals surface area contributed by atoms with Crippen LogP contribution in [0.1, 0.15) is 35.6 Å². The summed E-state index contributed by atoms with van der Waals surface area (Å²) in [4.78, 5) is 14.5. The van der Waals surface area contributed by atoms with Crippen LogP contribution < -0.4 is 9.64 Å². The summed E-state index contributed by atoms with van der Waals surface area (Å²) in [6.45, 7) is 2.57. The highest BCUT2D eigenvalue weighted by atomic mass is 16.5. The van der Waals surface area contributed by atoms with E-state index >= 15 is 0 Å². The molecule has 1 aliphatic heterocycles. The van der Waals surface area contributed by atoms with Crippen molar-refractivity contribution in [1.82, 2.24) is 0 Å². The number of aliphatic hydroxyl groups is 1. The SMILES string of the molecule is COc1ccc(CCC(=O)N2CCC(O)c3cc(C)ccc32)cc1. The molecule has 4 heteroatoms. The van der Waals surface area contributed by atoms with Gasteiger partial charge in [0, 0.05) is 24.2 Å². The minimum atomic E-state index is -0.481. The molecule has 1 heterocycles. The lowest BCUT2D eigenvalue weighted by atomic mass is 9.96. The van der Waals surface area contributed by atoms with Gasteiger partial charge >= 0.3 is 0 Å². The van der Waals surface area contributed by atoms with Crippen molar-refractivity contribution in [2.24, 2.45) is 0 Å². The molecule has 126 valence electrons. The van der Waals surface area contributed by atoms with Gasteiger partial charge in [0.05, 0.1) is 13.2 Å². The first-order valence-electron chi connectivity index (χ1n) is 8.30. The zero-order valence-corrected chi connectivity index (χ0v) is 14.2. The van der Waals surface area contributed by atoms with Gasteiger partial charge in [-0.2, -0.15) is 0 Å². The molecule has 1 unspecified atom stereocenters. The fraction of sp³-hybridized carbons (Fsp3) is 0.350. The average Bonchev–Trinajstić information content (AvgIpc) is 2.61. The zero-order valence-electron chi connectivity index (χ0n) is 14.2. The van der Waals surface area contributed by atoms with Crippen molar-refractivity contribution in [3.05, 3.63) is 59.2 Å². The van der Waals surface area contributed by atoms with E-state index in [1.165, 1.54) is 0 Å². The van der Waals surface area contributed by atoms with E-state index in [-0.39, 0.29) is 5.91 Å². The number of aliphatic hydroxyl groups excluding tert-OH is 1. The van der Waals surface area contributed by atoms with Crippen LogP contribution in [0.15, 0.2) is 42.5 Å². The minimum absolute atomic E-state index is 0.0998. The Morgan fingerprint density at radius 3 is 2.71 bits per heavy atom. The summed E-state index contributed by atoms with van der Waals surface area (Å²) in [7, 11) is 1.64. The monoisotopic (exact) mass is 325 g/mol. The standard InChI is InChI=1S/C20H23NO3/c1-14-3-9-18-17(13-14)19(22)11-12-21(18)20(23)10-6-15-4-7-16(24-2)8-5-15/h3-5,7-9,13,19,22H,6,10-12H2,1-2H3. The molecule has 0 aliphatic carbocycles. The molecule has 24 heavy (non-hydrogen) atoms. The van der Waals surface area contributed by atoms with Crippen molar-refractivity contribution in [2.75, 3.05) is 18.6 Å². The smallest absolute Gasteiger partial charge is 0.227 e. The van der Waals surface area contributed by atoms with Gasteiger partial charge in [-0.05, 0) is 43.5 Å². The third-order valence-corrected chi connectivity index (χ3v) is 4.55. The van der Waals surface area contributed by atoms with Crippen LogP contribution in [-0.4, -0.2) is 24.7 Å². The Morgan fingerprint density at radius 2 is 2.00 bits per heavy atom. The highest BCUT2D eigenvalue weighted by Crippen LogP contribution is 2.34. The average molecular weight is 325 g/mol. The Morgan fingerprint density at radius 1 is 1.25 bits per heavy atom. The van der Waals surface area contributed by atoms with E-state index in [0.717, 1.165) is 28.1 Å². The van der Waals surface area contributed by atoms with Crippen molar-refractivity contribution in [2.45, 2.75) is 32.3 Å². The van der Waals surface area contributed by atoms with E-state index in [2.05, 4.69) is 0 Å². The predicted molar refractivity (Wildman–Crippen MR) is 94.4 cm³/mol. The third kappa shape index (κ3) is 3.44. The van der Waals surface area contributed by atoms with E-state index < -0.39 is 6.10 Å². The van der Waals surface area contributed by atoms with Gasteiger partial charge in [0.2, 0.25) is 5.91 Å². The molecule has 0 saturated heterocycles. The van der Waals surface area contributed by atoms with Gasteiger partial charge < -0.3 is 14.7 Å². The van der Waals surface area contributed by atoms with Gasteiger partial charge in [-0.15, -0.1) is 0 Å². The van der Waals surface area contributed by atoms with Crippen molar-refractivity contribution in [1.29, 1.82) is 0 Å². The van der Waals surface area contributed by atoms with Gasteiger partial charge in [0.15, 0.2) is 0 Å². The van der Waals surface area contributed by atoms with Gasteiger partial charge in [0.1, 0.15) is 5.75 Å². The molecule has 2 aromatic carbocycles. The van der Waals surface area contributed by atoms with E-state index in [9.17, 15) is 9.90 Å². The van der Waals surface area contributed by atoms with Gasteiger partial charge in [-0.25, -0.2) is 0 Å². The van der Waals surface area contributed by atoms with E-state index in [4.69, 9.17) is 4.74 Å². The molecule has 1 N–H and O–H groups in total. The molecule has 0 aromatic heterocycles. The van der Waals surface area contributed by atoms with Gasteiger partial charge in [0.25, 0.3) is 0 Å². The number of aryl methyl sites for hydroxylation is 2. The van der Waals surface area contributed by atoms with E-state index in [1.54, 1.807) is 7.11 Å². The summed E-state index contributed by atoms with van der Waals surface area (Å²) < 4.78 is 5.15. The largest absolute Gasteiger partial charge is 0.497 e. The summed E-state index contributed by atoms with van der Waals surface area (Å²) in [6.07, 6.45) is 1.26. The number of anilines is 1. The van der Waals surface area contributed by atoms with Crippen LogP contribution in [-0.2, 0) is 11.2 Å². The maximum absolute atomic E-state index is 12.7. The summed E-state index contributed by atoms with van der Waals surface area (Å²) in [6, 6.07) is 13.7. The van der Waals surface area contributed by atoms with Crippen LogP contribution in [0.2, 0.25) is 0 Å². The number of amides is 1. The Kier molecular flexibility index (Phi) is 4.86. The van der Waals surface area contributed by atoms with Crippen LogP contribution in [0.25, 0.3) is 0 Å². The molecular formula is C20H23NO3. The number of fused-ring (bicyclic) bond motifs is 1. The lowest BCUT2D eigenvalue weighted by Gasteiger charge is -2.32. The number of hydrogen-bond acceptors (Lipinski definition) is 3. The molecule has 0 spiro atoms. The molecule has 0 bridgehead atoms. The van der Waals surface area contributed by atoms with E-state index in [0.29, 0.717) is 25.8 Å². The number of ether oxygens (including phenoxy) is 1. The maximum Gasteiger partial charge on any atom is 0.227 e. The summed E-state index contributed by atoms with van der Waals surface area (Å²) in [5.41, 5.74) is 3.92. The second kappa shape index (κ2) is 7.05. The topological polar surface area (TPSA) is 49.8 Å². The molecule has 1 atom stereocenters. The first kappa shape index (κ1) is 16.5. The Balaban J connectivity index is 1.70. The predicted octanol–water partition coefficient (Wildman–Crippen LogP) is 3.41. The Labute approximate surface area is 142 Å². The van der Waals surface area contributed by atoms with Crippen molar-refractivity contribution >= 4 is 11.6 Å². The van der Waals surface area contributed by atoms with Crippen molar-refractivity contribution < 1.29 is 14.6 Å². The number of carbonyl (C=O) groups is 1. The number of rotatable bonds is 4.